The fourth-order valence-electron chi connectivity index (χ4n) is 2.41. The molecule has 0 aromatic heterocycles. The van der Waals surface area contributed by atoms with E-state index in [1.807, 2.05) is 6.92 Å². The summed E-state index contributed by atoms with van der Waals surface area (Å²) in [6.07, 6.45) is 0.0888. The molecule has 0 bridgehead atoms. The molecule has 0 aliphatic heterocycles. The molecule has 0 heterocycles. The van der Waals surface area contributed by atoms with Gasteiger partial charge in [-0.3, -0.25) is 23.6 Å². The van der Waals surface area contributed by atoms with E-state index in [0.29, 0.717) is 6.42 Å². The second-order valence-corrected chi connectivity index (χ2v) is 8.93. The van der Waals surface area contributed by atoms with Crippen LogP contribution in [0.3, 0.4) is 0 Å². The number of halogens is 1. The van der Waals surface area contributed by atoms with Crippen molar-refractivity contribution < 1.29 is 41.5 Å². The van der Waals surface area contributed by atoms with Gasteiger partial charge in [-0.25, -0.2) is 0 Å². The highest BCUT2D eigenvalue weighted by Crippen LogP contribution is 2.15. The Bertz CT molecular complexity index is 624. The van der Waals surface area contributed by atoms with Gasteiger partial charge in [0, 0.05) is 27.1 Å². The van der Waals surface area contributed by atoms with Gasteiger partial charge in [0.05, 0.1) is 29.4 Å². The predicted molar refractivity (Wildman–Crippen MR) is 135 cm³/mol. The summed E-state index contributed by atoms with van der Waals surface area (Å²) in [5, 5.41) is 2.49. The summed E-state index contributed by atoms with van der Waals surface area (Å²) in [6, 6.07) is 0. The molecule has 11 heteroatoms. The Morgan fingerprint density at radius 1 is 0.939 bits per heavy atom. The van der Waals surface area contributed by atoms with Crippen molar-refractivity contribution in [1.82, 2.24) is 5.32 Å². The molecule has 0 aromatic carbocycles. The van der Waals surface area contributed by atoms with Crippen LogP contribution < -0.4 is 5.32 Å². The van der Waals surface area contributed by atoms with E-state index < -0.39 is 39.3 Å². The second kappa shape index (κ2) is 22.4. The third kappa shape index (κ3) is 28.5. The lowest BCUT2D eigenvalue weighted by atomic mass is 9.94. The molecule has 0 saturated heterocycles. The Labute approximate surface area is 202 Å². The van der Waals surface area contributed by atoms with Crippen LogP contribution in [-0.4, -0.2) is 68.2 Å². The summed E-state index contributed by atoms with van der Waals surface area (Å²) < 4.78 is 40.4. The van der Waals surface area contributed by atoms with E-state index in [1.54, 1.807) is 21.0 Å². The third-order valence-corrected chi connectivity index (χ3v) is 4.95. The first kappa shape index (κ1) is 48.9. The minimum atomic E-state index is -4.20. The Kier molecular flexibility index (Phi) is 33.1. The fraction of sp³-hybridized carbons (Fsp3) is 0.864. The molecule has 0 fully saturated rings. The van der Waals surface area contributed by atoms with Crippen LogP contribution in [0.15, 0.2) is 0 Å². The molecule has 0 aromatic rings. The maximum Gasteiger partial charge on any atom is 0.267 e. The van der Waals surface area contributed by atoms with Crippen molar-refractivity contribution in [3.63, 3.8) is 0 Å². The average Bonchev–Trinajstić information content (AvgIpc) is 2.48. The van der Waals surface area contributed by atoms with Gasteiger partial charge < -0.3 is 14.8 Å². The zero-order chi connectivity index (χ0) is 22.7. The Balaban J connectivity index is -0.0000000906. The number of nitrogens with one attached hydrogen (secondary N) is 1. The first-order valence-corrected chi connectivity index (χ1v) is 10.5. The molecule has 206 valence electrons. The van der Waals surface area contributed by atoms with Crippen molar-refractivity contribution in [1.29, 1.82) is 0 Å². The average molecular weight is 510 g/mol. The summed E-state index contributed by atoms with van der Waals surface area (Å²) in [5.41, 5.74) is -1.12. The largest absolute Gasteiger partial charge is 0.381 e. The van der Waals surface area contributed by atoms with Crippen LogP contribution in [0, 0.1) is 5.92 Å². The van der Waals surface area contributed by atoms with E-state index in [-0.39, 0.29) is 58.5 Å². The lowest BCUT2D eigenvalue weighted by Crippen LogP contribution is -2.49. The van der Waals surface area contributed by atoms with Crippen molar-refractivity contribution >= 4 is 27.6 Å². The van der Waals surface area contributed by atoms with Gasteiger partial charge in [-0.1, -0.05) is 29.7 Å². The number of hydrogen-bond acceptors (Lipinski definition) is 7. The van der Waals surface area contributed by atoms with E-state index in [0.717, 1.165) is 0 Å². The maximum absolute atomic E-state index is 11.9. The van der Waals surface area contributed by atoms with Gasteiger partial charge in [0.15, 0.2) is 0 Å². The van der Waals surface area contributed by atoms with E-state index in [4.69, 9.17) is 14.0 Å². The number of amides is 1. The Morgan fingerprint density at radius 3 is 1.61 bits per heavy atom. The SMILES string of the molecule is C.C.C.C.COC(C)C(CC(=O)NC(C)(C)CS(=O)(=O)O)C(C)=O.COC(C)CC(C)=O.F. The predicted octanol–water partition coefficient (Wildman–Crippen LogP) is 4.10. The third-order valence-electron chi connectivity index (χ3n) is 3.86. The lowest BCUT2D eigenvalue weighted by molar-refractivity contribution is -0.132. The van der Waals surface area contributed by atoms with Crippen LogP contribution in [-0.2, 0) is 34.0 Å². The van der Waals surface area contributed by atoms with Crippen LogP contribution in [0.2, 0.25) is 0 Å². The van der Waals surface area contributed by atoms with E-state index in [1.165, 1.54) is 27.9 Å². The molecular weight excluding hydrogens is 457 g/mol. The molecule has 1 amide bonds. The molecule has 3 unspecified atom stereocenters. The van der Waals surface area contributed by atoms with Crippen LogP contribution in [0.1, 0.15) is 84.1 Å². The quantitative estimate of drug-likeness (QED) is 0.397. The summed E-state index contributed by atoms with van der Waals surface area (Å²) in [7, 11) is -1.15. The topological polar surface area (TPSA) is 136 Å². The molecule has 9 nitrogen and oxygen atoms in total. The molecule has 2 N–H and O–H groups in total. The van der Waals surface area contributed by atoms with Gasteiger partial charge in [0.2, 0.25) is 5.91 Å². The van der Waals surface area contributed by atoms with Gasteiger partial charge in [-0.05, 0) is 41.5 Å². The van der Waals surface area contributed by atoms with E-state index in [9.17, 15) is 22.8 Å². The summed E-state index contributed by atoms with van der Waals surface area (Å²) in [4.78, 5) is 33.7. The summed E-state index contributed by atoms with van der Waals surface area (Å²) >= 11 is 0. The second-order valence-electron chi connectivity index (χ2n) is 7.47. The zero-order valence-corrected chi connectivity index (χ0v) is 19.3. The molecule has 0 saturated carbocycles. The molecular formula is C22H52FNO8S. The molecule has 0 spiro atoms. The number of carbonyl (C=O) groups is 3. The number of Topliss-reactive ketones (excluding diaryl/α,β-unsaturated/α-hetero) is 2. The van der Waals surface area contributed by atoms with Gasteiger partial charge in [-0.15, -0.1) is 0 Å². The highest BCUT2D eigenvalue weighted by atomic mass is 32.2. The first-order chi connectivity index (χ1) is 12.5. The van der Waals surface area contributed by atoms with Crippen molar-refractivity contribution in [2.75, 3.05) is 20.0 Å². The minimum absolute atomic E-state index is 0. The number of rotatable bonds is 11. The molecule has 0 rings (SSSR count). The van der Waals surface area contributed by atoms with Crippen molar-refractivity contribution in [2.45, 2.75) is 102 Å². The minimum Gasteiger partial charge on any atom is -0.381 e. The molecule has 33 heavy (non-hydrogen) atoms. The Hall–Kier alpha value is -1.43. The highest BCUT2D eigenvalue weighted by molar-refractivity contribution is 7.85. The monoisotopic (exact) mass is 509 g/mol. The smallest absolute Gasteiger partial charge is 0.267 e. The van der Waals surface area contributed by atoms with Crippen molar-refractivity contribution in [2.24, 2.45) is 5.92 Å². The summed E-state index contributed by atoms with van der Waals surface area (Å²) in [6.45, 7) is 9.44. The van der Waals surface area contributed by atoms with Crippen molar-refractivity contribution in [3.8, 4) is 0 Å². The maximum atomic E-state index is 11.9. The lowest BCUT2D eigenvalue weighted by Gasteiger charge is -2.26. The highest BCUT2D eigenvalue weighted by Gasteiger charge is 2.30. The summed E-state index contributed by atoms with van der Waals surface area (Å²) in [5.74, 6) is -1.67. The fourth-order valence-corrected chi connectivity index (χ4v) is 3.40. The number of hydrogen-bond donors (Lipinski definition) is 2. The van der Waals surface area contributed by atoms with Crippen LogP contribution in [0.25, 0.3) is 0 Å². The number of methoxy groups -OCH3 is 2. The Morgan fingerprint density at radius 2 is 1.36 bits per heavy atom. The zero-order valence-electron chi connectivity index (χ0n) is 18.5. The normalized spacial score (nSPS) is 12.6. The molecule has 0 radical (unpaired) electrons. The van der Waals surface area contributed by atoms with Gasteiger partial charge >= 0.3 is 0 Å². The first-order valence-electron chi connectivity index (χ1n) is 8.86. The van der Waals surface area contributed by atoms with Gasteiger partial charge in [0.25, 0.3) is 10.1 Å². The van der Waals surface area contributed by atoms with E-state index in [2.05, 4.69) is 5.32 Å². The van der Waals surface area contributed by atoms with Crippen LogP contribution in [0.5, 0.6) is 0 Å². The van der Waals surface area contributed by atoms with Gasteiger partial charge in [0.1, 0.15) is 11.6 Å². The van der Waals surface area contributed by atoms with Gasteiger partial charge in [-0.2, -0.15) is 8.42 Å². The van der Waals surface area contributed by atoms with Crippen LogP contribution >= 0.6 is 0 Å². The molecule has 0 aliphatic rings. The standard InChI is InChI=1S/C12H23NO6S.C6H12O2.4CH4.FH/c1-8(14)10(9(2)19-5)6-11(15)13-12(3,4)7-20(16,17)18;1-5(7)4-6(2)8-3;;;;;/h9-10H,6-7H2,1-5H3,(H,13,15)(H,16,17,18);6H,4H2,1-3H3;4*1H4;1H. The van der Waals surface area contributed by atoms with Crippen LogP contribution in [0.4, 0.5) is 4.70 Å². The number of ether oxygens (including phenoxy) is 2. The number of carbonyl (C=O) groups excluding carboxylic acids is 3. The molecule has 0 aliphatic carbocycles. The van der Waals surface area contributed by atoms with E-state index >= 15 is 0 Å². The van der Waals surface area contributed by atoms with Crippen molar-refractivity contribution in [3.05, 3.63) is 0 Å². The molecule has 3 atom stereocenters. The number of ketones is 2.